The summed E-state index contributed by atoms with van der Waals surface area (Å²) in [4.78, 5) is 0.333. The van der Waals surface area contributed by atoms with Crippen LogP contribution in [0.4, 0.5) is 0 Å². The summed E-state index contributed by atoms with van der Waals surface area (Å²) in [6, 6.07) is 0. The highest BCUT2D eigenvalue weighted by atomic mass is 32.2. The van der Waals surface area contributed by atoms with E-state index in [0.717, 1.165) is 0 Å². The minimum atomic E-state index is -3.14. The van der Waals surface area contributed by atoms with Crippen LogP contribution < -0.4 is 5.73 Å². The Hall–Kier alpha value is -0.810. The van der Waals surface area contributed by atoms with Crippen LogP contribution in [0.3, 0.4) is 0 Å². The summed E-state index contributed by atoms with van der Waals surface area (Å²) < 4.78 is 27.4. The van der Waals surface area contributed by atoms with Gasteiger partial charge in [-0.2, -0.15) is 0 Å². The summed E-state index contributed by atoms with van der Waals surface area (Å²) in [6.45, 7) is 0. The number of methoxy groups -OCH3 is 1. The molecule has 0 aromatic rings. The lowest BCUT2D eigenvalue weighted by Crippen LogP contribution is -2.19. The molecular weight excluding hydrogens is 190 g/mol. The van der Waals surface area contributed by atoms with Crippen molar-refractivity contribution in [2.45, 2.75) is 12.5 Å². The van der Waals surface area contributed by atoms with Crippen molar-refractivity contribution in [3.8, 4) is 0 Å². The van der Waals surface area contributed by atoms with Crippen LogP contribution in [0.15, 0.2) is 22.8 Å². The lowest BCUT2D eigenvalue weighted by molar-refractivity contribution is 0.141. The van der Waals surface area contributed by atoms with E-state index in [9.17, 15) is 8.42 Å². The van der Waals surface area contributed by atoms with Crippen LogP contribution in [0.5, 0.6) is 0 Å². The van der Waals surface area contributed by atoms with Crippen molar-refractivity contribution in [3.63, 3.8) is 0 Å². The molecular formula is C8H13NO3S. The first-order valence-electron chi connectivity index (χ1n) is 3.84. The fourth-order valence-corrected chi connectivity index (χ4v) is 1.99. The maximum Gasteiger partial charge on any atom is 0.171 e. The number of rotatable bonds is 2. The molecule has 2 N–H and O–H groups in total. The second-order valence-electron chi connectivity index (χ2n) is 3.03. The van der Waals surface area contributed by atoms with Gasteiger partial charge in [-0.05, 0) is 12.2 Å². The van der Waals surface area contributed by atoms with Gasteiger partial charge in [0.2, 0.25) is 0 Å². The van der Waals surface area contributed by atoms with Gasteiger partial charge >= 0.3 is 0 Å². The minimum Gasteiger partial charge on any atom is -0.399 e. The lowest BCUT2D eigenvalue weighted by atomic mass is 10.1. The molecule has 5 heteroatoms. The van der Waals surface area contributed by atoms with E-state index in [0.29, 0.717) is 17.0 Å². The van der Waals surface area contributed by atoms with E-state index in [-0.39, 0.29) is 6.10 Å². The summed E-state index contributed by atoms with van der Waals surface area (Å²) in [5.41, 5.74) is 5.97. The molecule has 0 amide bonds. The van der Waals surface area contributed by atoms with Gasteiger partial charge in [0, 0.05) is 30.4 Å². The Morgan fingerprint density at radius 3 is 2.69 bits per heavy atom. The van der Waals surface area contributed by atoms with Crippen molar-refractivity contribution in [1.29, 1.82) is 0 Å². The molecule has 0 radical (unpaired) electrons. The summed E-state index contributed by atoms with van der Waals surface area (Å²) in [7, 11) is -1.61. The second-order valence-corrected chi connectivity index (χ2v) is 5.10. The Morgan fingerprint density at radius 2 is 2.23 bits per heavy atom. The molecule has 1 unspecified atom stereocenters. The van der Waals surface area contributed by atoms with Crippen LogP contribution in [0.25, 0.3) is 0 Å². The standard InChI is InChI=1S/C8H13NO3S/c1-12-7-3-6(9)4-8(5-7)13(2,10)11/h3-4,7H,5,9H2,1-2H3. The van der Waals surface area contributed by atoms with E-state index in [1.54, 1.807) is 6.08 Å². The molecule has 0 saturated carbocycles. The highest BCUT2D eigenvalue weighted by Crippen LogP contribution is 2.21. The maximum absolute atomic E-state index is 11.2. The smallest absolute Gasteiger partial charge is 0.171 e. The predicted molar refractivity (Wildman–Crippen MR) is 50.6 cm³/mol. The zero-order valence-corrected chi connectivity index (χ0v) is 8.47. The third-order valence-corrected chi connectivity index (χ3v) is 3.12. The van der Waals surface area contributed by atoms with Crippen molar-refractivity contribution >= 4 is 9.84 Å². The van der Waals surface area contributed by atoms with Crippen molar-refractivity contribution < 1.29 is 13.2 Å². The highest BCUT2D eigenvalue weighted by molar-refractivity contribution is 7.94. The van der Waals surface area contributed by atoms with Gasteiger partial charge in [0.25, 0.3) is 0 Å². The molecule has 0 aromatic carbocycles. The Morgan fingerprint density at radius 1 is 1.62 bits per heavy atom. The van der Waals surface area contributed by atoms with Gasteiger partial charge in [0.05, 0.1) is 6.10 Å². The molecule has 0 heterocycles. The highest BCUT2D eigenvalue weighted by Gasteiger charge is 2.20. The predicted octanol–water partition coefficient (Wildman–Crippen LogP) is 0.176. The zero-order valence-electron chi connectivity index (χ0n) is 7.65. The molecule has 1 rings (SSSR count). The van der Waals surface area contributed by atoms with Gasteiger partial charge in [-0.3, -0.25) is 0 Å². The molecule has 0 spiro atoms. The molecule has 13 heavy (non-hydrogen) atoms. The van der Waals surface area contributed by atoms with Crippen molar-refractivity contribution in [2.24, 2.45) is 5.73 Å². The quantitative estimate of drug-likeness (QED) is 0.695. The molecule has 0 aliphatic heterocycles. The molecule has 0 saturated heterocycles. The molecule has 1 atom stereocenters. The number of sulfone groups is 1. The van der Waals surface area contributed by atoms with Crippen LogP contribution in [0.2, 0.25) is 0 Å². The fourth-order valence-electron chi connectivity index (χ4n) is 1.17. The second kappa shape index (κ2) is 3.51. The van der Waals surface area contributed by atoms with Gasteiger partial charge in [0.15, 0.2) is 9.84 Å². The maximum atomic E-state index is 11.2. The first-order chi connectivity index (χ1) is 5.93. The summed E-state index contributed by atoms with van der Waals surface area (Å²) >= 11 is 0. The number of ether oxygens (including phenoxy) is 1. The van der Waals surface area contributed by atoms with Crippen LogP contribution in [-0.2, 0) is 14.6 Å². The van der Waals surface area contributed by atoms with Gasteiger partial charge < -0.3 is 10.5 Å². The molecule has 4 nitrogen and oxygen atoms in total. The third-order valence-electron chi connectivity index (χ3n) is 1.89. The molecule has 1 aliphatic carbocycles. The summed E-state index contributed by atoms with van der Waals surface area (Å²) in [5.74, 6) is 0. The molecule has 0 fully saturated rings. The van der Waals surface area contributed by atoms with Crippen molar-refractivity contribution in [3.05, 3.63) is 22.8 Å². The zero-order chi connectivity index (χ0) is 10.1. The number of hydrogen-bond donors (Lipinski definition) is 1. The van der Waals surface area contributed by atoms with Gasteiger partial charge in [-0.1, -0.05) is 0 Å². The Bertz CT molecular complexity index is 354. The first-order valence-corrected chi connectivity index (χ1v) is 5.73. The van der Waals surface area contributed by atoms with E-state index in [2.05, 4.69) is 0 Å². The normalized spacial score (nSPS) is 23.7. The number of nitrogens with two attached hydrogens (primary N) is 1. The van der Waals surface area contributed by atoms with Gasteiger partial charge in [-0.25, -0.2) is 8.42 Å². The van der Waals surface area contributed by atoms with E-state index >= 15 is 0 Å². The topological polar surface area (TPSA) is 69.4 Å². The molecule has 74 valence electrons. The average molecular weight is 203 g/mol. The van der Waals surface area contributed by atoms with Gasteiger partial charge in [0.1, 0.15) is 0 Å². The third kappa shape index (κ3) is 2.57. The lowest BCUT2D eigenvalue weighted by Gasteiger charge is -2.17. The number of allylic oxidation sites excluding steroid dienone is 1. The molecule has 1 aliphatic rings. The largest absolute Gasteiger partial charge is 0.399 e. The molecule has 0 aromatic heterocycles. The Kier molecular flexibility index (Phi) is 2.77. The van der Waals surface area contributed by atoms with Crippen LogP contribution in [0, 0.1) is 0 Å². The van der Waals surface area contributed by atoms with E-state index in [1.807, 2.05) is 0 Å². The van der Waals surface area contributed by atoms with Crippen LogP contribution >= 0.6 is 0 Å². The Balaban J connectivity index is 2.98. The average Bonchev–Trinajstić information content (AvgIpc) is 2.01. The first kappa shape index (κ1) is 10.3. The minimum absolute atomic E-state index is 0.227. The van der Waals surface area contributed by atoms with E-state index in [4.69, 9.17) is 10.5 Å². The van der Waals surface area contributed by atoms with Crippen molar-refractivity contribution in [2.75, 3.05) is 13.4 Å². The monoisotopic (exact) mass is 203 g/mol. The van der Waals surface area contributed by atoms with E-state index < -0.39 is 9.84 Å². The van der Waals surface area contributed by atoms with Crippen molar-refractivity contribution in [1.82, 2.24) is 0 Å². The van der Waals surface area contributed by atoms with Gasteiger partial charge in [-0.15, -0.1) is 0 Å². The van der Waals surface area contributed by atoms with E-state index in [1.165, 1.54) is 19.4 Å². The Labute approximate surface area is 78.0 Å². The SMILES string of the molecule is COC1C=C(N)C=C(S(C)(=O)=O)C1. The number of hydrogen-bond acceptors (Lipinski definition) is 4. The molecule has 0 bridgehead atoms. The summed E-state index contributed by atoms with van der Waals surface area (Å²) in [5, 5.41) is 0. The van der Waals surface area contributed by atoms with Crippen LogP contribution in [-0.4, -0.2) is 27.9 Å². The summed E-state index contributed by atoms with van der Waals surface area (Å²) in [6.07, 6.45) is 4.49. The van der Waals surface area contributed by atoms with Crippen LogP contribution in [0.1, 0.15) is 6.42 Å². The fraction of sp³-hybridized carbons (Fsp3) is 0.500.